The standard InChI is InChI=1S/C20H18ClN3O.CH4O/c21-16-6-1-5-15(10-16)17-7-2-8-18-19(17)20(23-13-22-18)24-9-3-4-14(11-24)12-25;1-2/h1-2,5-8,10,12-14H,3-4,9,11H2;2H,1H3. The van der Waals surface area contributed by atoms with Gasteiger partial charge in [0.2, 0.25) is 0 Å². The molecule has 140 valence electrons. The molecule has 1 atom stereocenters. The fraction of sp³-hybridized carbons (Fsp3) is 0.286. The molecule has 0 spiro atoms. The molecule has 5 nitrogen and oxygen atoms in total. The molecule has 0 bridgehead atoms. The van der Waals surface area contributed by atoms with Crippen LogP contribution >= 0.6 is 11.6 Å². The van der Waals surface area contributed by atoms with Crippen LogP contribution < -0.4 is 4.90 Å². The van der Waals surface area contributed by atoms with Gasteiger partial charge in [0.25, 0.3) is 0 Å². The number of aldehydes is 1. The third kappa shape index (κ3) is 4.10. The van der Waals surface area contributed by atoms with E-state index in [1.807, 2.05) is 36.4 Å². The maximum Gasteiger partial charge on any atom is 0.140 e. The molecule has 1 unspecified atom stereocenters. The number of hydrogen-bond acceptors (Lipinski definition) is 5. The van der Waals surface area contributed by atoms with E-state index in [0.717, 1.165) is 60.6 Å². The van der Waals surface area contributed by atoms with E-state index in [2.05, 4.69) is 20.9 Å². The molecule has 1 saturated heterocycles. The Labute approximate surface area is 163 Å². The van der Waals surface area contributed by atoms with Crippen LogP contribution in [0.3, 0.4) is 0 Å². The number of carbonyl (C=O) groups excluding carboxylic acids is 1. The summed E-state index contributed by atoms with van der Waals surface area (Å²) in [6.45, 7) is 1.61. The van der Waals surface area contributed by atoms with Crippen LogP contribution in [0.2, 0.25) is 5.02 Å². The van der Waals surface area contributed by atoms with Crippen LogP contribution in [0.25, 0.3) is 22.0 Å². The zero-order chi connectivity index (χ0) is 19.2. The maximum absolute atomic E-state index is 11.3. The second-order valence-electron chi connectivity index (χ2n) is 6.39. The second kappa shape index (κ2) is 8.93. The number of benzene rings is 2. The highest BCUT2D eigenvalue weighted by molar-refractivity contribution is 6.31. The third-order valence-electron chi connectivity index (χ3n) is 4.73. The zero-order valence-electron chi connectivity index (χ0n) is 15.2. The topological polar surface area (TPSA) is 66.3 Å². The smallest absolute Gasteiger partial charge is 0.140 e. The minimum atomic E-state index is 0.0668. The lowest BCUT2D eigenvalue weighted by atomic mass is 9.97. The summed E-state index contributed by atoms with van der Waals surface area (Å²) in [7, 11) is 1.00. The van der Waals surface area contributed by atoms with Gasteiger partial charge < -0.3 is 14.8 Å². The minimum Gasteiger partial charge on any atom is -0.400 e. The van der Waals surface area contributed by atoms with Gasteiger partial charge in [-0.15, -0.1) is 0 Å². The third-order valence-corrected chi connectivity index (χ3v) is 4.96. The van der Waals surface area contributed by atoms with Crippen LogP contribution in [0.1, 0.15) is 12.8 Å². The van der Waals surface area contributed by atoms with Crippen LogP contribution in [0.15, 0.2) is 48.8 Å². The summed E-state index contributed by atoms with van der Waals surface area (Å²) in [4.78, 5) is 22.5. The summed E-state index contributed by atoms with van der Waals surface area (Å²) in [5, 5.41) is 8.71. The van der Waals surface area contributed by atoms with E-state index in [1.165, 1.54) is 0 Å². The van der Waals surface area contributed by atoms with Crippen LogP contribution in [0.5, 0.6) is 0 Å². The first kappa shape index (κ1) is 19.3. The van der Waals surface area contributed by atoms with Gasteiger partial charge in [0.1, 0.15) is 18.4 Å². The lowest BCUT2D eigenvalue weighted by molar-refractivity contribution is -0.111. The Balaban J connectivity index is 0.00000102. The van der Waals surface area contributed by atoms with Crippen molar-refractivity contribution in [2.24, 2.45) is 5.92 Å². The molecule has 1 aliphatic rings. The molecule has 2 heterocycles. The normalized spacial score (nSPS) is 16.6. The Kier molecular flexibility index (Phi) is 6.37. The van der Waals surface area contributed by atoms with Gasteiger partial charge in [0, 0.05) is 31.1 Å². The van der Waals surface area contributed by atoms with Crippen LogP contribution in [0.4, 0.5) is 5.82 Å². The van der Waals surface area contributed by atoms with Crippen molar-refractivity contribution in [1.29, 1.82) is 0 Å². The van der Waals surface area contributed by atoms with Gasteiger partial charge >= 0.3 is 0 Å². The fourth-order valence-corrected chi connectivity index (χ4v) is 3.73. The molecule has 0 saturated carbocycles. The van der Waals surface area contributed by atoms with Gasteiger partial charge in [-0.1, -0.05) is 35.9 Å². The molecule has 1 fully saturated rings. The molecule has 0 radical (unpaired) electrons. The predicted octanol–water partition coefficient (Wildman–Crippen LogP) is 3.97. The summed E-state index contributed by atoms with van der Waals surface area (Å²) < 4.78 is 0. The van der Waals surface area contributed by atoms with Gasteiger partial charge in [-0.2, -0.15) is 0 Å². The molecule has 1 N–H and O–H groups in total. The van der Waals surface area contributed by atoms with E-state index in [-0.39, 0.29) is 5.92 Å². The van der Waals surface area contributed by atoms with Crippen molar-refractivity contribution in [2.75, 3.05) is 25.1 Å². The molecule has 2 aromatic carbocycles. The average molecular weight is 384 g/mol. The molecular weight excluding hydrogens is 362 g/mol. The number of aromatic nitrogens is 2. The molecule has 1 aromatic heterocycles. The van der Waals surface area contributed by atoms with Crippen molar-refractivity contribution >= 4 is 34.6 Å². The Morgan fingerprint density at radius 3 is 2.78 bits per heavy atom. The number of anilines is 1. The minimum absolute atomic E-state index is 0.0668. The van der Waals surface area contributed by atoms with Crippen molar-refractivity contribution in [1.82, 2.24) is 9.97 Å². The lowest BCUT2D eigenvalue weighted by Crippen LogP contribution is -2.36. The second-order valence-corrected chi connectivity index (χ2v) is 6.83. The first-order valence-corrected chi connectivity index (χ1v) is 9.28. The van der Waals surface area contributed by atoms with Gasteiger partial charge in [-0.05, 0) is 42.2 Å². The Morgan fingerprint density at radius 2 is 2.00 bits per heavy atom. The van der Waals surface area contributed by atoms with Crippen LogP contribution in [-0.2, 0) is 4.79 Å². The number of fused-ring (bicyclic) bond motifs is 1. The first-order valence-electron chi connectivity index (χ1n) is 8.91. The summed E-state index contributed by atoms with van der Waals surface area (Å²) in [6, 6.07) is 13.9. The van der Waals surface area contributed by atoms with Gasteiger partial charge in [-0.25, -0.2) is 9.97 Å². The summed E-state index contributed by atoms with van der Waals surface area (Å²) >= 11 is 6.19. The summed E-state index contributed by atoms with van der Waals surface area (Å²) in [5.41, 5.74) is 3.00. The van der Waals surface area contributed by atoms with Crippen molar-refractivity contribution in [3.63, 3.8) is 0 Å². The number of hydrogen-bond donors (Lipinski definition) is 1. The van der Waals surface area contributed by atoms with Crippen LogP contribution in [-0.4, -0.2) is 41.6 Å². The monoisotopic (exact) mass is 383 g/mol. The first-order chi connectivity index (χ1) is 13.3. The van der Waals surface area contributed by atoms with E-state index in [9.17, 15) is 4.79 Å². The van der Waals surface area contributed by atoms with Crippen molar-refractivity contribution in [2.45, 2.75) is 12.8 Å². The Morgan fingerprint density at radius 1 is 1.19 bits per heavy atom. The van der Waals surface area contributed by atoms with E-state index in [1.54, 1.807) is 6.33 Å². The molecule has 27 heavy (non-hydrogen) atoms. The number of piperidine rings is 1. The SMILES string of the molecule is CO.O=CC1CCCN(c2ncnc3cccc(-c4cccc(Cl)c4)c23)C1. The number of nitrogens with zero attached hydrogens (tertiary/aromatic N) is 3. The molecule has 6 heteroatoms. The molecule has 3 aromatic rings. The Hall–Kier alpha value is -2.50. The predicted molar refractivity (Wildman–Crippen MR) is 109 cm³/mol. The van der Waals surface area contributed by atoms with E-state index < -0.39 is 0 Å². The van der Waals surface area contributed by atoms with Gasteiger partial charge in [-0.3, -0.25) is 0 Å². The zero-order valence-corrected chi connectivity index (χ0v) is 15.9. The highest BCUT2D eigenvalue weighted by Gasteiger charge is 2.23. The largest absolute Gasteiger partial charge is 0.400 e. The number of rotatable bonds is 3. The van der Waals surface area contributed by atoms with Crippen molar-refractivity contribution in [3.05, 3.63) is 53.8 Å². The Bertz CT molecular complexity index is 927. The van der Waals surface area contributed by atoms with E-state index >= 15 is 0 Å². The van der Waals surface area contributed by atoms with Crippen molar-refractivity contribution in [3.8, 4) is 11.1 Å². The number of aliphatic hydroxyl groups is 1. The average Bonchev–Trinajstić information content (AvgIpc) is 2.74. The highest BCUT2D eigenvalue weighted by Crippen LogP contribution is 2.35. The number of aliphatic hydroxyl groups excluding tert-OH is 1. The summed E-state index contributed by atoms with van der Waals surface area (Å²) in [6.07, 6.45) is 4.61. The molecule has 0 amide bonds. The molecule has 1 aliphatic heterocycles. The van der Waals surface area contributed by atoms with Gasteiger partial charge in [0.05, 0.1) is 10.9 Å². The quantitative estimate of drug-likeness (QED) is 0.693. The maximum atomic E-state index is 11.3. The molecular formula is C21H22ClN3O2. The number of halogens is 1. The summed E-state index contributed by atoms with van der Waals surface area (Å²) in [5.74, 6) is 0.962. The fourth-order valence-electron chi connectivity index (χ4n) is 3.54. The molecule has 0 aliphatic carbocycles. The van der Waals surface area contributed by atoms with Crippen LogP contribution in [0, 0.1) is 5.92 Å². The highest BCUT2D eigenvalue weighted by atomic mass is 35.5. The molecule has 4 rings (SSSR count). The van der Waals surface area contributed by atoms with E-state index in [4.69, 9.17) is 16.7 Å². The van der Waals surface area contributed by atoms with E-state index in [0.29, 0.717) is 11.6 Å². The lowest BCUT2D eigenvalue weighted by Gasteiger charge is -2.32. The van der Waals surface area contributed by atoms with Crippen molar-refractivity contribution < 1.29 is 9.90 Å². The van der Waals surface area contributed by atoms with Gasteiger partial charge in [0.15, 0.2) is 0 Å². The number of carbonyl (C=O) groups is 1.